The van der Waals surface area contributed by atoms with Crippen LogP contribution in [0.2, 0.25) is 0 Å². The van der Waals surface area contributed by atoms with Crippen LogP contribution in [-0.2, 0) is 25.6 Å². The molecule has 0 N–H and O–H groups in total. The van der Waals surface area contributed by atoms with E-state index in [4.69, 9.17) is 14.2 Å². The first-order valence-corrected chi connectivity index (χ1v) is 8.40. The minimum absolute atomic E-state index is 0.124. The van der Waals surface area contributed by atoms with Gasteiger partial charge in [0, 0.05) is 25.6 Å². The number of rotatable bonds is 8. The molecule has 0 heterocycles. The van der Waals surface area contributed by atoms with Crippen molar-refractivity contribution in [3.63, 3.8) is 0 Å². The molecule has 1 aliphatic carbocycles. The lowest BCUT2D eigenvalue weighted by atomic mass is 9.60. The van der Waals surface area contributed by atoms with E-state index in [1.54, 1.807) is 7.11 Å². The highest BCUT2D eigenvalue weighted by atomic mass is 16.7. The maximum atomic E-state index is 12.2. The molecule has 2 atom stereocenters. The molecule has 24 heavy (non-hydrogen) atoms. The average Bonchev–Trinajstić information content (AvgIpc) is 2.60. The number of Topliss-reactive ketones (excluding diaryl/α,β-unsaturated/α-hetero) is 1. The van der Waals surface area contributed by atoms with Crippen molar-refractivity contribution >= 4 is 5.78 Å². The van der Waals surface area contributed by atoms with E-state index in [9.17, 15) is 4.79 Å². The predicted octanol–water partition coefficient (Wildman–Crippen LogP) is 3.90. The molecule has 0 aliphatic heterocycles. The fraction of sp³-hybridized carbons (Fsp3) is 0.550. The lowest BCUT2D eigenvalue weighted by Crippen LogP contribution is -2.53. The molecule has 0 bridgehead atoms. The van der Waals surface area contributed by atoms with Gasteiger partial charge in [0.2, 0.25) is 0 Å². The Bertz CT molecular complexity index is 568. The molecule has 1 aliphatic rings. The third-order valence-corrected chi connectivity index (χ3v) is 5.35. The van der Waals surface area contributed by atoms with Crippen LogP contribution >= 0.6 is 0 Å². The summed E-state index contributed by atoms with van der Waals surface area (Å²) < 4.78 is 16.9. The lowest BCUT2D eigenvalue weighted by molar-refractivity contribution is -0.183. The van der Waals surface area contributed by atoms with Crippen molar-refractivity contribution < 1.29 is 19.0 Å². The van der Waals surface area contributed by atoms with Gasteiger partial charge in [-0.05, 0) is 30.9 Å². The quantitative estimate of drug-likeness (QED) is 0.411. The molecule has 0 unspecified atom stereocenters. The van der Waals surface area contributed by atoms with Crippen molar-refractivity contribution in [1.82, 2.24) is 0 Å². The summed E-state index contributed by atoms with van der Waals surface area (Å²) in [5, 5.41) is 0. The first-order chi connectivity index (χ1) is 11.4. The monoisotopic (exact) mass is 332 g/mol. The van der Waals surface area contributed by atoms with E-state index in [0.717, 1.165) is 5.56 Å². The minimum Gasteiger partial charge on any atom is -0.377 e. The van der Waals surface area contributed by atoms with Crippen LogP contribution in [0.15, 0.2) is 42.5 Å². The SMILES string of the molecule is C=C1C(=O)CC[C@](C)(OCOC)[C@@]1(C)CCOCc1ccccc1. The zero-order valence-electron chi connectivity index (χ0n) is 15.0. The first-order valence-electron chi connectivity index (χ1n) is 8.40. The van der Waals surface area contributed by atoms with Crippen molar-refractivity contribution in [2.45, 2.75) is 45.3 Å². The van der Waals surface area contributed by atoms with Gasteiger partial charge in [0.15, 0.2) is 5.78 Å². The van der Waals surface area contributed by atoms with Gasteiger partial charge in [-0.25, -0.2) is 0 Å². The molecule has 2 rings (SSSR count). The van der Waals surface area contributed by atoms with Crippen LogP contribution in [-0.4, -0.2) is 31.9 Å². The Balaban J connectivity index is 2.01. The maximum absolute atomic E-state index is 12.2. The van der Waals surface area contributed by atoms with Gasteiger partial charge in [0.25, 0.3) is 0 Å². The summed E-state index contributed by atoms with van der Waals surface area (Å²) in [6.45, 7) is 9.47. The number of ketones is 1. The minimum atomic E-state index is -0.482. The molecular formula is C20H28O4. The van der Waals surface area contributed by atoms with E-state index in [1.165, 1.54) is 0 Å². The maximum Gasteiger partial charge on any atom is 0.159 e. The Morgan fingerprint density at radius 2 is 1.92 bits per heavy atom. The van der Waals surface area contributed by atoms with Crippen molar-refractivity contribution in [3.8, 4) is 0 Å². The molecule has 4 heteroatoms. The second-order valence-corrected chi connectivity index (χ2v) is 6.80. The molecular weight excluding hydrogens is 304 g/mol. The number of carbonyl (C=O) groups excluding carboxylic acids is 1. The Hall–Kier alpha value is -1.49. The second-order valence-electron chi connectivity index (χ2n) is 6.80. The molecule has 1 aromatic carbocycles. The van der Waals surface area contributed by atoms with E-state index < -0.39 is 11.0 Å². The Kier molecular flexibility index (Phi) is 6.33. The van der Waals surface area contributed by atoms with E-state index in [2.05, 4.69) is 6.58 Å². The molecule has 0 amide bonds. The van der Waals surface area contributed by atoms with Crippen molar-refractivity contribution in [3.05, 3.63) is 48.0 Å². The van der Waals surface area contributed by atoms with Crippen LogP contribution < -0.4 is 0 Å². The summed E-state index contributed by atoms with van der Waals surface area (Å²) in [4.78, 5) is 12.2. The smallest absolute Gasteiger partial charge is 0.159 e. The van der Waals surface area contributed by atoms with E-state index in [-0.39, 0.29) is 12.6 Å². The van der Waals surface area contributed by atoms with Gasteiger partial charge >= 0.3 is 0 Å². The van der Waals surface area contributed by atoms with Crippen LogP contribution in [0.5, 0.6) is 0 Å². The molecule has 0 aromatic heterocycles. The zero-order valence-corrected chi connectivity index (χ0v) is 15.0. The lowest BCUT2D eigenvalue weighted by Gasteiger charge is -2.50. The van der Waals surface area contributed by atoms with Crippen molar-refractivity contribution in [1.29, 1.82) is 0 Å². The molecule has 0 radical (unpaired) electrons. The molecule has 0 saturated heterocycles. The summed E-state index contributed by atoms with van der Waals surface area (Å²) in [5.74, 6) is 0.124. The van der Waals surface area contributed by atoms with Gasteiger partial charge in [-0.1, -0.05) is 43.8 Å². The third-order valence-electron chi connectivity index (χ3n) is 5.35. The highest BCUT2D eigenvalue weighted by molar-refractivity contribution is 5.97. The highest BCUT2D eigenvalue weighted by Gasteiger charge is 2.52. The molecule has 1 aromatic rings. The van der Waals surface area contributed by atoms with Gasteiger partial charge < -0.3 is 14.2 Å². The largest absolute Gasteiger partial charge is 0.377 e. The topological polar surface area (TPSA) is 44.8 Å². The van der Waals surface area contributed by atoms with Crippen LogP contribution in [0.1, 0.15) is 38.7 Å². The Morgan fingerprint density at radius 3 is 2.58 bits per heavy atom. The van der Waals surface area contributed by atoms with Gasteiger partial charge in [0.05, 0.1) is 12.2 Å². The van der Waals surface area contributed by atoms with Crippen LogP contribution in [0.3, 0.4) is 0 Å². The van der Waals surface area contributed by atoms with Crippen molar-refractivity contribution in [2.75, 3.05) is 20.5 Å². The number of benzene rings is 1. The standard InChI is InChI=1S/C20H28O4/c1-16-18(21)10-11-20(3,24-15-22-4)19(16,2)12-13-23-14-17-8-6-5-7-9-17/h5-9H,1,10-15H2,2-4H3/t19-,20-/m0/s1. The molecule has 1 fully saturated rings. The Labute approximate surface area is 144 Å². The molecule has 4 nitrogen and oxygen atoms in total. The molecule has 132 valence electrons. The second kappa shape index (κ2) is 8.06. The summed E-state index contributed by atoms with van der Waals surface area (Å²) >= 11 is 0. The summed E-state index contributed by atoms with van der Waals surface area (Å²) in [5.41, 5.74) is 0.831. The average molecular weight is 332 g/mol. The fourth-order valence-corrected chi connectivity index (χ4v) is 3.28. The number of methoxy groups -OCH3 is 1. The van der Waals surface area contributed by atoms with Crippen molar-refractivity contribution in [2.24, 2.45) is 5.41 Å². The number of ether oxygens (including phenoxy) is 3. The van der Waals surface area contributed by atoms with E-state index in [0.29, 0.717) is 38.0 Å². The fourth-order valence-electron chi connectivity index (χ4n) is 3.28. The summed E-state index contributed by atoms with van der Waals surface area (Å²) in [7, 11) is 1.60. The van der Waals surface area contributed by atoms with Gasteiger partial charge in [-0.15, -0.1) is 0 Å². The van der Waals surface area contributed by atoms with E-state index in [1.807, 2.05) is 44.2 Å². The van der Waals surface area contributed by atoms with Crippen LogP contribution in [0, 0.1) is 5.41 Å². The third kappa shape index (κ3) is 3.94. The van der Waals surface area contributed by atoms with E-state index >= 15 is 0 Å². The number of carbonyl (C=O) groups is 1. The summed E-state index contributed by atoms with van der Waals surface area (Å²) in [6.07, 6.45) is 1.83. The van der Waals surface area contributed by atoms with Gasteiger partial charge in [-0.3, -0.25) is 4.79 Å². The van der Waals surface area contributed by atoms with Crippen LogP contribution in [0.25, 0.3) is 0 Å². The normalized spacial score (nSPS) is 27.5. The van der Waals surface area contributed by atoms with Gasteiger partial charge in [-0.2, -0.15) is 0 Å². The Morgan fingerprint density at radius 1 is 1.21 bits per heavy atom. The summed E-state index contributed by atoms with van der Waals surface area (Å²) in [6, 6.07) is 10.1. The highest BCUT2D eigenvalue weighted by Crippen LogP contribution is 2.50. The first kappa shape index (κ1) is 18.8. The molecule has 1 saturated carbocycles. The van der Waals surface area contributed by atoms with Crippen LogP contribution in [0.4, 0.5) is 0 Å². The number of hydrogen-bond acceptors (Lipinski definition) is 4. The van der Waals surface area contributed by atoms with Gasteiger partial charge in [0.1, 0.15) is 6.79 Å². The number of hydrogen-bond donors (Lipinski definition) is 0. The predicted molar refractivity (Wildman–Crippen MR) is 93.6 cm³/mol. The molecule has 0 spiro atoms. The zero-order chi connectivity index (χ0) is 17.6.